The molecule has 0 spiro atoms. The predicted octanol–water partition coefficient (Wildman–Crippen LogP) is 3.61. The molecule has 7 nitrogen and oxygen atoms in total. The second-order valence-electron chi connectivity index (χ2n) is 7.35. The zero-order valence-corrected chi connectivity index (χ0v) is 16.6. The smallest absolute Gasteiger partial charge is 0.291 e. The number of rotatable bonds is 5. The molecule has 4 rings (SSSR count). The molecule has 3 heterocycles. The largest absolute Gasteiger partial charge is 0.467 e. The van der Waals surface area contributed by atoms with Crippen LogP contribution in [0.4, 0.5) is 5.69 Å². The number of anilines is 1. The van der Waals surface area contributed by atoms with E-state index in [1.165, 1.54) is 0 Å². The number of fused-ring (bicyclic) bond motifs is 1. The molecule has 0 radical (unpaired) electrons. The van der Waals surface area contributed by atoms with Crippen LogP contribution in [0.25, 0.3) is 0 Å². The molecule has 1 aromatic carbocycles. The van der Waals surface area contributed by atoms with E-state index in [9.17, 15) is 9.59 Å². The summed E-state index contributed by atoms with van der Waals surface area (Å²) < 4.78 is 7.13. The average Bonchev–Trinajstić information content (AvgIpc) is 3.37. The Labute approximate surface area is 169 Å². The molecule has 2 aromatic heterocycles. The lowest BCUT2D eigenvalue weighted by Crippen LogP contribution is -2.25. The Bertz CT molecular complexity index is 1050. The summed E-state index contributed by atoms with van der Waals surface area (Å²) in [7, 11) is 0. The minimum atomic E-state index is -0.304. The SMILES string of the molecule is Cc1ccc(NC(=O)c2nc(C(=O)NCc3ccco3)c3n2CCCC3)cc1C. The highest BCUT2D eigenvalue weighted by atomic mass is 16.3. The first-order valence-electron chi connectivity index (χ1n) is 9.81. The Balaban J connectivity index is 1.57. The first-order valence-corrected chi connectivity index (χ1v) is 9.81. The number of nitrogens with one attached hydrogen (secondary N) is 2. The van der Waals surface area contributed by atoms with Gasteiger partial charge in [0.2, 0.25) is 0 Å². The summed E-state index contributed by atoms with van der Waals surface area (Å²) in [6.45, 7) is 5.00. The van der Waals surface area contributed by atoms with Gasteiger partial charge in [0.1, 0.15) is 11.5 Å². The number of amides is 2. The van der Waals surface area contributed by atoms with Crippen LogP contribution in [0.5, 0.6) is 0 Å². The number of carbonyl (C=O) groups is 2. The molecule has 0 atom stereocenters. The van der Waals surface area contributed by atoms with Gasteiger partial charge in [0.05, 0.1) is 18.5 Å². The van der Waals surface area contributed by atoms with E-state index in [0.29, 0.717) is 18.0 Å². The van der Waals surface area contributed by atoms with Gasteiger partial charge in [0.15, 0.2) is 5.82 Å². The number of nitrogens with zero attached hydrogens (tertiary/aromatic N) is 2. The van der Waals surface area contributed by atoms with Gasteiger partial charge in [-0.3, -0.25) is 9.59 Å². The molecule has 0 fully saturated rings. The van der Waals surface area contributed by atoms with Gasteiger partial charge < -0.3 is 19.6 Å². The van der Waals surface area contributed by atoms with Gasteiger partial charge in [-0.15, -0.1) is 0 Å². The Morgan fingerprint density at radius 1 is 1.14 bits per heavy atom. The van der Waals surface area contributed by atoms with E-state index in [2.05, 4.69) is 15.6 Å². The quantitative estimate of drug-likeness (QED) is 0.694. The highest BCUT2D eigenvalue weighted by Crippen LogP contribution is 2.22. The molecule has 7 heteroatoms. The van der Waals surface area contributed by atoms with Crippen molar-refractivity contribution in [2.45, 2.75) is 46.2 Å². The maximum atomic E-state index is 12.9. The number of furan rings is 1. The third-order valence-corrected chi connectivity index (χ3v) is 5.30. The zero-order chi connectivity index (χ0) is 20.4. The number of benzene rings is 1. The lowest BCUT2D eigenvalue weighted by atomic mass is 10.1. The van der Waals surface area contributed by atoms with Crippen LogP contribution >= 0.6 is 0 Å². The van der Waals surface area contributed by atoms with E-state index in [1.807, 2.05) is 36.6 Å². The highest BCUT2D eigenvalue weighted by Gasteiger charge is 2.27. The van der Waals surface area contributed by atoms with E-state index in [1.54, 1.807) is 18.4 Å². The van der Waals surface area contributed by atoms with E-state index < -0.39 is 0 Å². The fourth-order valence-electron chi connectivity index (χ4n) is 3.57. The summed E-state index contributed by atoms with van der Waals surface area (Å²) in [5.74, 6) is 0.346. The maximum absolute atomic E-state index is 12.9. The summed E-state index contributed by atoms with van der Waals surface area (Å²) in [5, 5.41) is 5.74. The van der Waals surface area contributed by atoms with Gasteiger partial charge in [-0.05, 0) is 68.5 Å². The Hall–Kier alpha value is -3.35. The van der Waals surface area contributed by atoms with Crippen molar-refractivity contribution in [3.63, 3.8) is 0 Å². The van der Waals surface area contributed by atoms with Crippen molar-refractivity contribution in [2.75, 3.05) is 5.32 Å². The Morgan fingerprint density at radius 3 is 2.76 bits per heavy atom. The van der Waals surface area contributed by atoms with Gasteiger partial charge in [-0.1, -0.05) is 6.07 Å². The average molecular weight is 392 g/mol. The summed E-state index contributed by atoms with van der Waals surface area (Å²) in [5.41, 5.74) is 4.12. The number of aromatic nitrogens is 2. The van der Waals surface area contributed by atoms with Crippen LogP contribution in [0.15, 0.2) is 41.0 Å². The Morgan fingerprint density at radius 2 is 2.00 bits per heavy atom. The molecular weight excluding hydrogens is 368 g/mol. The van der Waals surface area contributed by atoms with Crippen molar-refractivity contribution in [2.24, 2.45) is 0 Å². The van der Waals surface area contributed by atoms with Gasteiger partial charge >= 0.3 is 0 Å². The standard InChI is InChI=1S/C22H24N4O3/c1-14-8-9-16(12-15(14)2)24-22(28)20-25-19(18-7-3-4-10-26(18)20)21(27)23-13-17-6-5-11-29-17/h5-6,8-9,11-12H,3-4,7,10,13H2,1-2H3,(H,23,27)(H,24,28). The van der Waals surface area contributed by atoms with E-state index in [0.717, 1.165) is 41.8 Å². The van der Waals surface area contributed by atoms with Crippen LogP contribution in [0, 0.1) is 13.8 Å². The normalized spacial score (nSPS) is 13.0. The number of hydrogen-bond acceptors (Lipinski definition) is 4. The van der Waals surface area contributed by atoms with Crippen LogP contribution in [0.1, 0.15) is 56.5 Å². The molecule has 2 amide bonds. The first-order chi connectivity index (χ1) is 14.0. The first kappa shape index (κ1) is 19.0. The monoisotopic (exact) mass is 392 g/mol. The summed E-state index contributed by atoms with van der Waals surface area (Å²) >= 11 is 0. The molecule has 29 heavy (non-hydrogen) atoms. The molecule has 3 aromatic rings. The molecule has 1 aliphatic heterocycles. The zero-order valence-electron chi connectivity index (χ0n) is 16.6. The number of imidazole rings is 1. The molecular formula is C22H24N4O3. The number of carbonyl (C=O) groups excluding carboxylic acids is 2. The van der Waals surface area contributed by atoms with Crippen molar-refractivity contribution < 1.29 is 14.0 Å². The fraction of sp³-hybridized carbons (Fsp3) is 0.318. The molecule has 0 saturated heterocycles. The van der Waals surface area contributed by atoms with E-state index >= 15 is 0 Å². The highest BCUT2D eigenvalue weighted by molar-refractivity contribution is 6.03. The van der Waals surface area contributed by atoms with Crippen molar-refractivity contribution in [1.82, 2.24) is 14.9 Å². The molecule has 2 N–H and O–H groups in total. The lowest BCUT2D eigenvalue weighted by molar-refractivity contribution is 0.0942. The second kappa shape index (κ2) is 7.95. The van der Waals surface area contributed by atoms with Gasteiger partial charge in [-0.2, -0.15) is 0 Å². The second-order valence-corrected chi connectivity index (χ2v) is 7.35. The minimum Gasteiger partial charge on any atom is -0.467 e. The van der Waals surface area contributed by atoms with Gasteiger partial charge in [-0.25, -0.2) is 4.98 Å². The third kappa shape index (κ3) is 3.94. The van der Waals surface area contributed by atoms with Crippen LogP contribution in [0.3, 0.4) is 0 Å². The summed E-state index contributed by atoms with van der Waals surface area (Å²) in [4.78, 5) is 30.1. The molecule has 0 aliphatic carbocycles. The molecule has 0 saturated carbocycles. The van der Waals surface area contributed by atoms with Crippen LogP contribution in [0.2, 0.25) is 0 Å². The molecule has 0 unspecified atom stereocenters. The minimum absolute atomic E-state index is 0.279. The van der Waals surface area contributed by atoms with Crippen molar-refractivity contribution in [3.8, 4) is 0 Å². The van der Waals surface area contributed by atoms with Crippen molar-refractivity contribution in [3.05, 3.63) is 70.7 Å². The van der Waals surface area contributed by atoms with Crippen molar-refractivity contribution >= 4 is 17.5 Å². The summed E-state index contributed by atoms with van der Waals surface area (Å²) in [6, 6.07) is 9.35. The molecule has 1 aliphatic rings. The third-order valence-electron chi connectivity index (χ3n) is 5.30. The van der Waals surface area contributed by atoms with Crippen LogP contribution < -0.4 is 10.6 Å². The van der Waals surface area contributed by atoms with Gasteiger partial charge in [0, 0.05) is 12.2 Å². The Kier molecular flexibility index (Phi) is 5.20. The predicted molar refractivity (Wildman–Crippen MR) is 109 cm³/mol. The topological polar surface area (TPSA) is 89.2 Å². The van der Waals surface area contributed by atoms with E-state index in [-0.39, 0.29) is 24.2 Å². The summed E-state index contributed by atoms with van der Waals surface area (Å²) in [6.07, 6.45) is 4.23. The van der Waals surface area contributed by atoms with Gasteiger partial charge in [0.25, 0.3) is 11.8 Å². The van der Waals surface area contributed by atoms with E-state index in [4.69, 9.17) is 4.42 Å². The van der Waals surface area contributed by atoms with Crippen LogP contribution in [-0.2, 0) is 19.5 Å². The number of aryl methyl sites for hydroxylation is 2. The molecule has 150 valence electrons. The maximum Gasteiger partial charge on any atom is 0.291 e. The fourth-order valence-corrected chi connectivity index (χ4v) is 3.57. The van der Waals surface area contributed by atoms with Crippen molar-refractivity contribution in [1.29, 1.82) is 0 Å². The lowest BCUT2D eigenvalue weighted by Gasteiger charge is -2.17. The molecule has 0 bridgehead atoms. The van der Waals surface area contributed by atoms with Crippen LogP contribution in [-0.4, -0.2) is 21.4 Å². The number of hydrogen-bond donors (Lipinski definition) is 2.